The molecule has 2 rings (SSSR count). The molecule has 0 radical (unpaired) electrons. The minimum Gasteiger partial charge on any atom is -0.307 e. The maximum Gasteiger partial charge on any atom is 0.0302 e. The van der Waals surface area contributed by atoms with Crippen molar-refractivity contribution in [3.05, 3.63) is 22.4 Å². The van der Waals surface area contributed by atoms with Crippen LogP contribution in [0, 0.1) is 11.8 Å². The Balaban J connectivity index is 1.76. The number of thiophene rings is 1. The third-order valence-corrected chi connectivity index (χ3v) is 4.35. The van der Waals surface area contributed by atoms with Crippen LogP contribution < -0.4 is 5.32 Å². The molecule has 0 saturated heterocycles. The summed E-state index contributed by atoms with van der Waals surface area (Å²) in [7, 11) is 0. The van der Waals surface area contributed by atoms with Crippen molar-refractivity contribution < 1.29 is 0 Å². The zero-order chi connectivity index (χ0) is 10.8. The summed E-state index contributed by atoms with van der Waals surface area (Å²) < 4.78 is 0. The summed E-state index contributed by atoms with van der Waals surface area (Å²) in [6.45, 7) is 6.94. The Bertz CT molecular complexity index is 285. The molecule has 1 aliphatic carbocycles. The molecule has 0 spiro atoms. The van der Waals surface area contributed by atoms with Crippen LogP contribution in [0.2, 0.25) is 0 Å². The highest BCUT2D eigenvalue weighted by molar-refractivity contribution is 7.07. The lowest BCUT2D eigenvalue weighted by Gasteiger charge is -2.40. The molecule has 1 saturated carbocycles. The molecule has 1 heterocycles. The van der Waals surface area contributed by atoms with Crippen molar-refractivity contribution in [1.82, 2.24) is 5.32 Å². The van der Waals surface area contributed by atoms with Gasteiger partial charge in [-0.25, -0.2) is 0 Å². The first kappa shape index (κ1) is 11.2. The zero-order valence-electron chi connectivity index (χ0n) is 9.86. The second-order valence-electron chi connectivity index (χ2n) is 5.12. The van der Waals surface area contributed by atoms with Crippen LogP contribution in [-0.2, 0) is 0 Å². The summed E-state index contributed by atoms with van der Waals surface area (Å²) in [5.41, 5.74) is 1.44. The fraction of sp³-hybridized carbons (Fsp3) is 0.692. The molecule has 1 fully saturated rings. The highest BCUT2D eigenvalue weighted by Crippen LogP contribution is 2.34. The molecule has 1 aliphatic rings. The molecule has 1 atom stereocenters. The van der Waals surface area contributed by atoms with Crippen LogP contribution in [0.4, 0.5) is 0 Å². The molecular weight excluding hydrogens is 202 g/mol. The summed E-state index contributed by atoms with van der Waals surface area (Å²) in [5.74, 6) is 1.82. The summed E-state index contributed by atoms with van der Waals surface area (Å²) >= 11 is 1.79. The van der Waals surface area contributed by atoms with Crippen molar-refractivity contribution in [2.24, 2.45) is 11.8 Å². The van der Waals surface area contributed by atoms with Gasteiger partial charge in [0.25, 0.3) is 0 Å². The average Bonchev–Trinajstić information content (AvgIpc) is 2.61. The van der Waals surface area contributed by atoms with Crippen LogP contribution in [0.15, 0.2) is 16.8 Å². The normalized spacial score (nSPS) is 27.7. The van der Waals surface area contributed by atoms with E-state index in [-0.39, 0.29) is 0 Å². The molecule has 1 nitrogen and oxygen atoms in total. The van der Waals surface area contributed by atoms with Gasteiger partial charge >= 0.3 is 0 Å². The average molecular weight is 223 g/mol. The van der Waals surface area contributed by atoms with Gasteiger partial charge in [0.1, 0.15) is 0 Å². The van der Waals surface area contributed by atoms with Gasteiger partial charge in [-0.3, -0.25) is 0 Å². The lowest BCUT2D eigenvalue weighted by molar-refractivity contribution is 0.159. The predicted octanol–water partition coefficient (Wildman–Crippen LogP) is 3.83. The topological polar surface area (TPSA) is 12.0 Å². The van der Waals surface area contributed by atoms with Gasteiger partial charge in [0.2, 0.25) is 0 Å². The third-order valence-electron chi connectivity index (χ3n) is 3.65. The Hall–Kier alpha value is -0.340. The standard InChI is InChI=1S/C13H21NS/c1-9(2)12-6-13(7-12)14-10(3)11-4-5-15-8-11/h4-5,8-10,12-14H,6-7H2,1-3H3. The van der Waals surface area contributed by atoms with Crippen molar-refractivity contribution >= 4 is 11.3 Å². The summed E-state index contributed by atoms with van der Waals surface area (Å²) in [6, 6.07) is 3.50. The van der Waals surface area contributed by atoms with Gasteiger partial charge in [0, 0.05) is 12.1 Å². The quantitative estimate of drug-likeness (QED) is 0.818. The Morgan fingerprint density at radius 1 is 1.33 bits per heavy atom. The summed E-state index contributed by atoms with van der Waals surface area (Å²) in [5, 5.41) is 8.11. The Morgan fingerprint density at radius 2 is 2.07 bits per heavy atom. The monoisotopic (exact) mass is 223 g/mol. The Labute approximate surface area is 96.9 Å². The lowest BCUT2D eigenvalue weighted by atomic mass is 9.73. The van der Waals surface area contributed by atoms with Gasteiger partial charge in [-0.2, -0.15) is 11.3 Å². The molecule has 0 amide bonds. The fourth-order valence-electron chi connectivity index (χ4n) is 2.31. The number of nitrogens with one attached hydrogen (secondary N) is 1. The number of hydrogen-bond acceptors (Lipinski definition) is 2. The molecule has 84 valence electrons. The van der Waals surface area contributed by atoms with E-state index in [1.807, 2.05) is 0 Å². The lowest BCUT2D eigenvalue weighted by Crippen LogP contribution is -2.43. The van der Waals surface area contributed by atoms with Crippen LogP contribution in [0.5, 0.6) is 0 Å². The number of rotatable bonds is 4. The van der Waals surface area contributed by atoms with E-state index in [0.29, 0.717) is 6.04 Å². The summed E-state index contributed by atoms with van der Waals surface area (Å²) in [4.78, 5) is 0. The largest absolute Gasteiger partial charge is 0.307 e. The first-order chi connectivity index (χ1) is 7.16. The maximum absolute atomic E-state index is 3.71. The third kappa shape index (κ3) is 2.61. The van der Waals surface area contributed by atoms with Crippen LogP contribution in [0.25, 0.3) is 0 Å². The van der Waals surface area contributed by atoms with Gasteiger partial charge in [0.15, 0.2) is 0 Å². The first-order valence-corrected chi connectivity index (χ1v) is 6.89. The molecule has 1 aromatic heterocycles. The van der Waals surface area contributed by atoms with Crippen LogP contribution in [0.3, 0.4) is 0 Å². The fourth-order valence-corrected chi connectivity index (χ4v) is 3.07. The molecular formula is C13H21NS. The number of hydrogen-bond donors (Lipinski definition) is 1. The van der Waals surface area contributed by atoms with E-state index in [0.717, 1.165) is 17.9 Å². The van der Waals surface area contributed by atoms with Crippen LogP contribution >= 0.6 is 11.3 Å². The molecule has 1 unspecified atom stereocenters. The van der Waals surface area contributed by atoms with Gasteiger partial charge in [-0.15, -0.1) is 0 Å². The second kappa shape index (κ2) is 4.67. The van der Waals surface area contributed by atoms with E-state index in [4.69, 9.17) is 0 Å². The molecule has 0 bridgehead atoms. The first-order valence-electron chi connectivity index (χ1n) is 5.95. The van der Waals surface area contributed by atoms with E-state index >= 15 is 0 Å². The van der Waals surface area contributed by atoms with E-state index < -0.39 is 0 Å². The van der Waals surface area contributed by atoms with Gasteiger partial charge < -0.3 is 5.32 Å². The molecule has 1 N–H and O–H groups in total. The van der Waals surface area contributed by atoms with Crippen molar-refractivity contribution in [3.8, 4) is 0 Å². The zero-order valence-corrected chi connectivity index (χ0v) is 10.7. The van der Waals surface area contributed by atoms with Crippen molar-refractivity contribution in [2.45, 2.75) is 45.7 Å². The van der Waals surface area contributed by atoms with Gasteiger partial charge in [-0.1, -0.05) is 13.8 Å². The van der Waals surface area contributed by atoms with Crippen molar-refractivity contribution in [2.75, 3.05) is 0 Å². The van der Waals surface area contributed by atoms with Gasteiger partial charge in [-0.05, 0) is 54.0 Å². The highest BCUT2D eigenvalue weighted by atomic mass is 32.1. The smallest absolute Gasteiger partial charge is 0.0302 e. The van der Waals surface area contributed by atoms with E-state index in [9.17, 15) is 0 Å². The molecule has 15 heavy (non-hydrogen) atoms. The van der Waals surface area contributed by atoms with Crippen molar-refractivity contribution in [3.63, 3.8) is 0 Å². The van der Waals surface area contributed by atoms with Crippen LogP contribution in [0.1, 0.15) is 45.2 Å². The van der Waals surface area contributed by atoms with E-state index in [2.05, 4.69) is 42.9 Å². The van der Waals surface area contributed by atoms with Crippen LogP contribution in [-0.4, -0.2) is 6.04 Å². The Morgan fingerprint density at radius 3 is 2.60 bits per heavy atom. The second-order valence-corrected chi connectivity index (χ2v) is 5.90. The Kier molecular flexibility index (Phi) is 3.47. The van der Waals surface area contributed by atoms with E-state index in [1.165, 1.54) is 18.4 Å². The summed E-state index contributed by atoms with van der Waals surface area (Å²) in [6.07, 6.45) is 2.73. The molecule has 0 aromatic carbocycles. The van der Waals surface area contributed by atoms with Gasteiger partial charge in [0.05, 0.1) is 0 Å². The minimum atomic E-state index is 0.523. The highest BCUT2D eigenvalue weighted by Gasteiger charge is 2.31. The van der Waals surface area contributed by atoms with E-state index in [1.54, 1.807) is 11.3 Å². The maximum atomic E-state index is 3.71. The predicted molar refractivity (Wildman–Crippen MR) is 67.2 cm³/mol. The molecule has 0 aliphatic heterocycles. The van der Waals surface area contributed by atoms with Crippen molar-refractivity contribution in [1.29, 1.82) is 0 Å². The molecule has 2 heteroatoms. The minimum absolute atomic E-state index is 0.523. The SMILES string of the molecule is CC(NC1CC(C(C)C)C1)c1ccsc1. The molecule has 1 aromatic rings.